The highest BCUT2D eigenvalue weighted by molar-refractivity contribution is 7.92. The zero-order chi connectivity index (χ0) is 27.3. The van der Waals surface area contributed by atoms with E-state index in [1.165, 1.54) is 0 Å². The molecule has 3 N–H and O–H groups in total. The molecular formula is C25H31F3N2O5S. The molecule has 7 nitrogen and oxygen atoms in total. The standard InChI is InChI=1S/C23H30N2O3S.C2HF3O2/c1-16(2)15-18-5-11-21(12-6-18)29(27,28)25-20-9-7-19(8-10-20)23(13-14-23)22(26)24-17(3)4;3-2(4,5)1(6)7/h5-12,16-17,25H,13-15H2,1-4H3,(H,24,26);(H,6,7). The number of benzene rings is 2. The molecule has 0 bridgehead atoms. The predicted molar refractivity (Wildman–Crippen MR) is 130 cm³/mol. The van der Waals surface area contributed by atoms with Gasteiger partial charge in [0.2, 0.25) is 5.91 Å². The third-order valence-electron chi connectivity index (χ3n) is 5.41. The number of hydrogen-bond donors (Lipinski definition) is 3. The van der Waals surface area contributed by atoms with Crippen LogP contribution in [0.4, 0.5) is 18.9 Å². The Morgan fingerprint density at radius 1 is 0.972 bits per heavy atom. The molecule has 0 radical (unpaired) electrons. The second kappa shape index (κ2) is 11.3. The number of halogens is 3. The number of carboxylic acid groups (broad SMARTS) is 1. The smallest absolute Gasteiger partial charge is 0.475 e. The molecule has 0 aromatic heterocycles. The van der Waals surface area contributed by atoms with Crippen molar-refractivity contribution >= 4 is 27.6 Å². The summed E-state index contributed by atoms with van der Waals surface area (Å²) < 4.78 is 59.7. The van der Waals surface area contributed by atoms with Crippen LogP contribution in [0.25, 0.3) is 0 Å². The Bertz CT molecular complexity index is 1160. The number of hydrogen-bond acceptors (Lipinski definition) is 4. The van der Waals surface area contributed by atoms with Gasteiger partial charge in [-0.15, -0.1) is 0 Å². The quantitative estimate of drug-likeness (QED) is 0.452. The molecule has 1 amide bonds. The number of anilines is 1. The van der Waals surface area contributed by atoms with Crippen LogP contribution in [0, 0.1) is 5.92 Å². The van der Waals surface area contributed by atoms with Gasteiger partial charge in [-0.1, -0.05) is 38.1 Å². The maximum absolute atomic E-state index is 12.7. The van der Waals surface area contributed by atoms with Crippen molar-refractivity contribution in [3.63, 3.8) is 0 Å². The number of sulfonamides is 1. The van der Waals surface area contributed by atoms with Gasteiger partial charge in [-0.05, 0) is 74.4 Å². The maximum Gasteiger partial charge on any atom is 0.490 e. The SMILES string of the molecule is CC(C)Cc1ccc(S(=O)(=O)Nc2ccc(C3(C(=O)NC(C)C)CC3)cc2)cc1.O=C(O)C(F)(F)F. The molecule has 1 aliphatic rings. The zero-order valence-electron chi connectivity index (χ0n) is 20.5. The summed E-state index contributed by atoms with van der Waals surface area (Å²) in [5.74, 6) is -2.19. The lowest BCUT2D eigenvalue weighted by Crippen LogP contribution is -2.38. The Kier molecular flexibility index (Phi) is 9.17. The van der Waals surface area contributed by atoms with Gasteiger partial charge >= 0.3 is 12.1 Å². The number of rotatable bonds is 8. The lowest BCUT2D eigenvalue weighted by molar-refractivity contribution is -0.192. The Labute approximate surface area is 209 Å². The first-order valence-electron chi connectivity index (χ1n) is 11.4. The molecule has 0 atom stereocenters. The normalized spacial score (nSPS) is 14.6. The first kappa shape index (κ1) is 29.2. The average molecular weight is 529 g/mol. The molecule has 36 heavy (non-hydrogen) atoms. The van der Waals surface area contributed by atoms with Crippen LogP contribution in [0.2, 0.25) is 0 Å². The highest BCUT2D eigenvalue weighted by atomic mass is 32.2. The van der Waals surface area contributed by atoms with E-state index < -0.39 is 27.6 Å². The molecule has 0 heterocycles. The molecule has 2 aromatic rings. The summed E-state index contributed by atoms with van der Waals surface area (Å²) in [5, 5.41) is 10.1. The molecule has 0 unspecified atom stereocenters. The van der Waals surface area contributed by atoms with Gasteiger partial charge < -0.3 is 10.4 Å². The Balaban J connectivity index is 0.000000572. The van der Waals surface area contributed by atoms with Crippen molar-refractivity contribution in [2.45, 2.75) is 69.5 Å². The van der Waals surface area contributed by atoms with Crippen molar-refractivity contribution in [1.82, 2.24) is 5.32 Å². The maximum atomic E-state index is 12.7. The molecular weight excluding hydrogens is 497 g/mol. The number of alkyl halides is 3. The van der Waals surface area contributed by atoms with E-state index in [9.17, 15) is 26.4 Å². The first-order valence-corrected chi connectivity index (χ1v) is 12.9. The van der Waals surface area contributed by atoms with Crippen molar-refractivity contribution in [2.75, 3.05) is 4.72 Å². The summed E-state index contributed by atoms with van der Waals surface area (Å²) in [6.45, 7) is 8.16. The van der Waals surface area contributed by atoms with Crippen molar-refractivity contribution in [3.8, 4) is 0 Å². The molecule has 1 aliphatic carbocycles. The van der Waals surface area contributed by atoms with Crippen LogP contribution in [0.3, 0.4) is 0 Å². The minimum Gasteiger partial charge on any atom is -0.475 e. The van der Waals surface area contributed by atoms with Gasteiger partial charge in [0.15, 0.2) is 0 Å². The van der Waals surface area contributed by atoms with Gasteiger partial charge in [0.05, 0.1) is 10.3 Å². The van der Waals surface area contributed by atoms with Crippen molar-refractivity contribution in [3.05, 3.63) is 59.7 Å². The molecule has 1 saturated carbocycles. The molecule has 0 saturated heterocycles. The molecule has 2 aromatic carbocycles. The number of aliphatic carboxylic acids is 1. The van der Waals surface area contributed by atoms with Crippen LogP contribution in [0.1, 0.15) is 51.7 Å². The van der Waals surface area contributed by atoms with Crippen LogP contribution in [-0.2, 0) is 31.4 Å². The van der Waals surface area contributed by atoms with Crippen LogP contribution in [0.5, 0.6) is 0 Å². The third-order valence-corrected chi connectivity index (χ3v) is 6.81. The van der Waals surface area contributed by atoms with E-state index in [0.717, 1.165) is 30.4 Å². The second-order valence-electron chi connectivity index (χ2n) is 9.44. The summed E-state index contributed by atoms with van der Waals surface area (Å²) in [6, 6.07) is 14.2. The van der Waals surface area contributed by atoms with E-state index in [1.807, 2.05) is 38.1 Å². The Morgan fingerprint density at radius 2 is 1.47 bits per heavy atom. The number of nitrogens with one attached hydrogen (secondary N) is 2. The third kappa shape index (κ3) is 7.97. The minimum absolute atomic E-state index is 0.0438. The van der Waals surface area contributed by atoms with Crippen molar-refractivity contribution < 1.29 is 36.3 Å². The van der Waals surface area contributed by atoms with E-state index in [-0.39, 0.29) is 16.8 Å². The van der Waals surface area contributed by atoms with E-state index >= 15 is 0 Å². The highest BCUT2D eigenvalue weighted by Gasteiger charge is 2.51. The van der Waals surface area contributed by atoms with E-state index in [2.05, 4.69) is 23.9 Å². The van der Waals surface area contributed by atoms with Gasteiger partial charge in [0.25, 0.3) is 10.0 Å². The fraction of sp³-hybridized carbons (Fsp3) is 0.440. The van der Waals surface area contributed by atoms with E-state index in [4.69, 9.17) is 9.90 Å². The van der Waals surface area contributed by atoms with Gasteiger partial charge in [-0.3, -0.25) is 9.52 Å². The second-order valence-corrected chi connectivity index (χ2v) is 11.1. The van der Waals surface area contributed by atoms with E-state index in [0.29, 0.717) is 11.6 Å². The molecule has 3 rings (SSSR count). The molecule has 11 heteroatoms. The number of amides is 1. The molecule has 0 aliphatic heterocycles. The lowest BCUT2D eigenvalue weighted by atomic mass is 9.94. The summed E-state index contributed by atoms with van der Waals surface area (Å²) in [4.78, 5) is 21.6. The van der Waals surface area contributed by atoms with Crippen molar-refractivity contribution in [1.29, 1.82) is 0 Å². The number of carboxylic acids is 1. The number of carbonyl (C=O) groups excluding carboxylic acids is 1. The fourth-order valence-electron chi connectivity index (χ4n) is 3.52. The average Bonchev–Trinajstić information content (AvgIpc) is 3.55. The summed E-state index contributed by atoms with van der Waals surface area (Å²) in [7, 11) is -3.65. The largest absolute Gasteiger partial charge is 0.490 e. The topological polar surface area (TPSA) is 113 Å². The zero-order valence-corrected chi connectivity index (χ0v) is 21.3. The Morgan fingerprint density at radius 3 is 1.86 bits per heavy atom. The molecule has 198 valence electrons. The van der Waals surface area contributed by atoms with Crippen LogP contribution < -0.4 is 10.0 Å². The summed E-state index contributed by atoms with van der Waals surface area (Å²) >= 11 is 0. The van der Waals surface area contributed by atoms with Crippen LogP contribution in [0.15, 0.2) is 53.4 Å². The van der Waals surface area contributed by atoms with Gasteiger partial charge in [0, 0.05) is 11.7 Å². The predicted octanol–water partition coefficient (Wildman–Crippen LogP) is 4.88. The summed E-state index contributed by atoms with van der Waals surface area (Å²) in [5.41, 5.74) is 2.07. The van der Waals surface area contributed by atoms with Crippen LogP contribution in [-0.4, -0.2) is 37.6 Å². The summed E-state index contributed by atoms with van der Waals surface area (Å²) in [6.07, 6.45) is -2.53. The monoisotopic (exact) mass is 528 g/mol. The van der Waals surface area contributed by atoms with Crippen LogP contribution >= 0.6 is 0 Å². The van der Waals surface area contributed by atoms with Gasteiger partial charge in [-0.2, -0.15) is 13.2 Å². The van der Waals surface area contributed by atoms with Crippen molar-refractivity contribution in [2.24, 2.45) is 5.92 Å². The van der Waals surface area contributed by atoms with E-state index in [1.54, 1.807) is 24.3 Å². The molecule has 0 spiro atoms. The Hall–Kier alpha value is -3.08. The first-order chi connectivity index (χ1) is 16.6. The lowest BCUT2D eigenvalue weighted by Gasteiger charge is -2.18. The fourth-order valence-corrected chi connectivity index (χ4v) is 4.58. The van der Waals surface area contributed by atoms with Gasteiger partial charge in [-0.25, -0.2) is 13.2 Å². The highest BCUT2D eigenvalue weighted by Crippen LogP contribution is 2.48. The number of carbonyl (C=O) groups is 2. The van der Waals surface area contributed by atoms with Gasteiger partial charge in [0.1, 0.15) is 0 Å². The molecule has 1 fully saturated rings. The minimum atomic E-state index is -5.08.